The molecule has 0 radical (unpaired) electrons. The smallest absolute Gasteiger partial charge is 0.404 e. The van der Waals surface area contributed by atoms with Crippen LogP contribution >= 0.6 is 0 Å². The van der Waals surface area contributed by atoms with Gasteiger partial charge in [-0.2, -0.15) is 13.2 Å². The number of furan rings is 1. The third-order valence-corrected chi connectivity index (χ3v) is 1.94. The quantitative estimate of drug-likeness (QED) is 0.480. The van der Waals surface area contributed by atoms with E-state index in [0.717, 1.165) is 0 Å². The zero-order chi connectivity index (χ0) is 12.9. The minimum Gasteiger partial charge on any atom is -0.404 e. The third-order valence-electron chi connectivity index (χ3n) is 1.94. The molecule has 0 aliphatic rings. The van der Waals surface area contributed by atoms with Gasteiger partial charge >= 0.3 is 12.1 Å². The predicted molar refractivity (Wildman–Crippen MR) is 52.4 cm³/mol. The van der Waals surface area contributed by atoms with Crippen molar-refractivity contribution in [2.24, 2.45) is 0 Å². The molecule has 0 atom stereocenters. The molecule has 1 aromatic rings. The van der Waals surface area contributed by atoms with Crippen LogP contribution in [0.3, 0.4) is 0 Å². The summed E-state index contributed by atoms with van der Waals surface area (Å²) in [5.74, 6) is -0.0548. The Morgan fingerprint density at radius 2 is 2.12 bits per heavy atom. The van der Waals surface area contributed by atoms with E-state index in [2.05, 4.69) is 5.32 Å². The first-order valence-corrected chi connectivity index (χ1v) is 4.89. The van der Waals surface area contributed by atoms with E-state index in [1.165, 1.54) is 12.1 Å². The maximum atomic E-state index is 11.8. The van der Waals surface area contributed by atoms with Gasteiger partial charge in [0.05, 0.1) is 12.6 Å². The number of alkyl halides is 3. The van der Waals surface area contributed by atoms with E-state index >= 15 is 0 Å². The lowest BCUT2D eigenvalue weighted by Crippen LogP contribution is -2.17. The standard InChI is InChI=1S/C9H11F3N2O3/c10-9(11,12)4-1-5-13-6-7-2-3-8(17-7)14(15)16/h2-3,13H,1,4-6H2. The van der Waals surface area contributed by atoms with Gasteiger partial charge in [-0.05, 0) is 19.0 Å². The van der Waals surface area contributed by atoms with Crippen LogP contribution in [-0.2, 0) is 6.54 Å². The summed E-state index contributed by atoms with van der Waals surface area (Å²) in [6, 6.07) is 2.61. The van der Waals surface area contributed by atoms with E-state index < -0.39 is 17.5 Å². The molecule has 0 unspecified atom stereocenters. The summed E-state index contributed by atoms with van der Waals surface area (Å²) in [4.78, 5) is 9.59. The molecule has 0 aliphatic heterocycles. The fourth-order valence-corrected chi connectivity index (χ4v) is 1.19. The molecule has 0 aliphatic carbocycles. The third kappa shape index (κ3) is 5.34. The molecule has 96 valence electrons. The van der Waals surface area contributed by atoms with Gasteiger partial charge < -0.3 is 9.73 Å². The Morgan fingerprint density at radius 1 is 1.41 bits per heavy atom. The van der Waals surface area contributed by atoms with E-state index in [9.17, 15) is 23.3 Å². The minimum atomic E-state index is -4.15. The Bertz CT molecular complexity index is 376. The number of hydrogen-bond acceptors (Lipinski definition) is 4. The Hall–Kier alpha value is -1.57. The highest BCUT2D eigenvalue weighted by Crippen LogP contribution is 2.20. The van der Waals surface area contributed by atoms with Gasteiger partial charge in [0, 0.05) is 6.42 Å². The molecule has 0 fully saturated rings. The van der Waals surface area contributed by atoms with E-state index in [-0.39, 0.29) is 25.4 Å². The summed E-state index contributed by atoms with van der Waals surface area (Å²) in [5, 5.41) is 13.0. The lowest BCUT2D eigenvalue weighted by Gasteiger charge is -2.05. The van der Waals surface area contributed by atoms with Crippen molar-refractivity contribution < 1.29 is 22.5 Å². The highest BCUT2D eigenvalue weighted by atomic mass is 19.4. The summed E-state index contributed by atoms with van der Waals surface area (Å²) in [6.45, 7) is 0.347. The number of nitrogens with zero attached hydrogens (tertiary/aromatic N) is 1. The summed E-state index contributed by atoms with van der Waals surface area (Å²) >= 11 is 0. The van der Waals surface area contributed by atoms with Crippen molar-refractivity contribution in [3.8, 4) is 0 Å². The normalized spacial score (nSPS) is 11.7. The average Bonchev–Trinajstić information content (AvgIpc) is 2.64. The number of nitro groups is 1. The van der Waals surface area contributed by atoms with Crippen LogP contribution in [-0.4, -0.2) is 17.6 Å². The summed E-state index contributed by atoms with van der Waals surface area (Å²) < 4.78 is 40.1. The number of hydrogen-bond donors (Lipinski definition) is 1. The monoisotopic (exact) mass is 252 g/mol. The van der Waals surface area contributed by atoms with E-state index in [4.69, 9.17) is 4.42 Å². The van der Waals surface area contributed by atoms with Crippen molar-refractivity contribution in [3.05, 3.63) is 28.0 Å². The maximum Gasteiger partial charge on any atom is 0.433 e. The SMILES string of the molecule is O=[N+]([O-])c1ccc(CNCCCC(F)(F)F)o1. The molecule has 1 heterocycles. The van der Waals surface area contributed by atoms with Gasteiger partial charge in [-0.25, -0.2) is 0 Å². The first-order valence-electron chi connectivity index (χ1n) is 4.89. The molecule has 1 N–H and O–H groups in total. The molecular weight excluding hydrogens is 241 g/mol. The molecule has 0 saturated heterocycles. The summed E-state index contributed by atoms with van der Waals surface area (Å²) in [6.07, 6.45) is -5.03. The molecule has 8 heteroatoms. The average molecular weight is 252 g/mol. The lowest BCUT2D eigenvalue weighted by atomic mass is 10.3. The zero-order valence-corrected chi connectivity index (χ0v) is 8.79. The summed E-state index contributed by atoms with van der Waals surface area (Å²) in [7, 11) is 0. The highest BCUT2D eigenvalue weighted by Gasteiger charge is 2.25. The first kappa shape index (κ1) is 13.5. The number of rotatable bonds is 6. The number of halogens is 3. The van der Waals surface area contributed by atoms with Gasteiger partial charge in [-0.1, -0.05) is 0 Å². The van der Waals surface area contributed by atoms with Gasteiger partial charge in [0.15, 0.2) is 0 Å². The molecule has 5 nitrogen and oxygen atoms in total. The van der Waals surface area contributed by atoms with Gasteiger partial charge in [-0.3, -0.25) is 10.1 Å². The molecule has 1 aromatic heterocycles. The molecule has 0 saturated carbocycles. The Morgan fingerprint density at radius 3 is 2.65 bits per heavy atom. The van der Waals surface area contributed by atoms with E-state index in [0.29, 0.717) is 5.76 Å². The second-order valence-electron chi connectivity index (χ2n) is 3.39. The van der Waals surface area contributed by atoms with Crippen molar-refractivity contribution in [3.63, 3.8) is 0 Å². The van der Waals surface area contributed by atoms with Crippen LogP contribution in [0.2, 0.25) is 0 Å². The van der Waals surface area contributed by atoms with Crippen LogP contribution in [0.1, 0.15) is 18.6 Å². The van der Waals surface area contributed by atoms with Crippen molar-refractivity contribution in [2.45, 2.75) is 25.6 Å². The second-order valence-corrected chi connectivity index (χ2v) is 3.39. The van der Waals surface area contributed by atoms with Crippen molar-refractivity contribution in [1.82, 2.24) is 5.32 Å². The van der Waals surface area contributed by atoms with Gasteiger partial charge in [0.2, 0.25) is 0 Å². The maximum absolute atomic E-state index is 11.8. The molecule has 0 aromatic carbocycles. The Labute approximate surface area is 94.7 Å². The van der Waals surface area contributed by atoms with Crippen LogP contribution in [0.15, 0.2) is 16.5 Å². The van der Waals surface area contributed by atoms with Gasteiger partial charge in [0.1, 0.15) is 10.7 Å². The molecular formula is C9H11F3N2O3. The zero-order valence-electron chi connectivity index (χ0n) is 8.79. The molecule has 0 bridgehead atoms. The van der Waals surface area contributed by atoms with Crippen LogP contribution in [0.4, 0.5) is 19.1 Å². The molecule has 0 amide bonds. The molecule has 0 spiro atoms. The fraction of sp³-hybridized carbons (Fsp3) is 0.556. The van der Waals surface area contributed by atoms with Gasteiger partial charge in [-0.15, -0.1) is 0 Å². The van der Waals surface area contributed by atoms with E-state index in [1.807, 2.05) is 0 Å². The minimum absolute atomic E-state index is 0.0354. The molecule has 17 heavy (non-hydrogen) atoms. The first-order chi connectivity index (χ1) is 7.88. The predicted octanol–water partition coefficient (Wildman–Crippen LogP) is 2.62. The summed E-state index contributed by atoms with van der Waals surface area (Å²) in [5.41, 5.74) is 0. The number of nitrogens with one attached hydrogen (secondary N) is 1. The lowest BCUT2D eigenvalue weighted by molar-refractivity contribution is -0.402. The Kier molecular flexibility index (Phi) is 4.50. The van der Waals surface area contributed by atoms with Crippen LogP contribution in [0.5, 0.6) is 0 Å². The molecule has 1 rings (SSSR count). The second kappa shape index (κ2) is 5.67. The Balaban J connectivity index is 2.20. The fourth-order valence-electron chi connectivity index (χ4n) is 1.19. The van der Waals surface area contributed by atoms with Crippen molar-refractivity contribution in [2.75, 3.05) is 6.54 Å². The van der Waals surface area contributed by atoms with Crippen molar-refractivity contribution in [1.29, 1.82) is 0 Å². The highest BCUT2D eigenvalue weighted by molar-refractivity contribution is 5.17. The van der Waals surface area contributed by atoms with E-state index in [1.54, 1.807) is 0 Å². The van der Waals surface area contributed by atoms with Crippen LogP contribution < -0.4 is 5.32 Å². The van der Waals surface area contributed by atoms with Crippen LogP contribution in [0, 0.1) is 10.1 Å². The van der Waals surface area contributed by atoms with Gasteiger partial charge in [0.25, 0.3) is 0 Å². The van der Waals surface area contributed by atoms with Crippen molar-refractivity contribution >= 4 is 5.88 Å². The van der Waals surface area contributed by atoms with Crippen LogP contribution in [0.25, 0.3) is 0 Å². The largest absolute Gasteiger partial charge is 0.433 e. The topological polar surface area (TPSA) is 68.3 Å².